The molecule has 0 aromatic carbocycles. The molecule has 1 saturated heterocycles. The Morgan fingerprint density at radius 1 is 1.38 bits per heavy atom. The van der Waals surface area contributed by atoms with E-state index in [0.717, 1.165) is 25.3 Å². The van der Waals surface area contributed by atoms with Crippen LogP contribution in [0.2, 0.25) is 0 Å². The zero-order valence-corrected chi connectivity index (χ0v) is 10.4. The molecule has 3 N–H and O–H groups in total. The Labute approximate surface area is 98.5 Å². The smallest absolute Gasteiger partial charge is 0.233 e. The third-order valence-corrected chi connectivity index (χ3v) is 3.57. The Morgan fingerprint density at radius 2 is 2.06 bits per heavy atom. The van der Waals surface area contributed by atoms with E-state index in [0.29, 0.717) is 6.42 Å². The van der Waals surface area contributed by atoms with Gasteiger partial charge in [0.25, 0.3) is 0 Å². The number of hydrogen-bond acceptors (Lipinski definition) is 3. The summed E-state index contributed by atoms with van der Waals surface area (Å²) in [7, 11) is 0. The molecule has 0 saturated carbocycles. The van der Waals surface area contributed by atoms with Crippen LogP contribution in [-0.2, 0) is 4.79 Å². The van der Waals surface area contributed by atoms with Crippen molar-refractivity contribution in [2.45, 2.75) is 45.4 Å². The van der Waals surface area contributed by atoms with Gasteiger partial charge in [0, 0.05) is 6.42 Å². The lowest BCUT2D eigenvalue weighted by Crippen LogP contribution is -2.34. The summed E-state index contributed by atoms with van der Waals surface area (Å²) in [6.45, 7) is 5.89. The van der Waals surface area contributed by atoms with E-state index in [1.807, 2.05) is 0 Å². The van der Waals surface area contributed by atoms with Gasteiger partial charge in [-0.1, -0.05) is 13.3 Å². The van der Waals surface area contributed by atoms with Gasteiger partial charge in [0.2, 0.25) is 5.91 Å². The number of piperidine rings is 1. The largest absolute Gasteiger partial charge is 0.303 e. The van der Waals surface area contributed by atoms with E-state index in [-0.39, 0.29) is 5.91 Å². The van der Waals surface area contributed by atoms with E-state index < -0.39 is 0 Å². The fourth-order valence-corrected chi connectivity index (χ4v) is 2.31. The summed E-state index contributed by atoms with van der Waals surface area (Å²) >= 11 is 0. The molecule has 0 atom stereocenters. The number of nitrogens with zero attached hydrogens (tertiary/aromatic N) is 1. The first-order valence-corrected chi connectivity index (χ1v) is 6.48. The quantitative estimate of drug-likeness (QED) is 0.311. The summed E-state index contributed by atoms with van der Waals surface area (Å²) < 4.78 is 0. The maximum atomic E-state index is 10.9. The number of hydrogen-bond donors (Lipinski definition) is 2. The first-order chi connectivity index (χ1) is 7.76. The number of hydrazine groups is 1. The van der Waals surface area contributed by atoms with E-state index in [1.165, 1.54) is 32.4 Å². The molecule has 4 nitrogen and oxygen atoms in total. The zero-order valence-electron chi connectivity index (χ0n) is 10.4. The first kappa shape index (κ1) is 13.5. The second-order valence-electron chi connectivity index (χ2n) is 4.72. The molecule has 1 aliphatic rings. The molecule has 0 bridgehead atoms. The van der Waals surface area contributed by atoms with Gasteiger partial charge in [-0.3, -0.25) is 10.2 Å². The fraction of sp³-hybridized carbons (Fsp3) is 0.917. The highest BCUT2D eigenvalue weighted by Gasteiger charge is 2.16. The lowest BCUT2D eigenvalue weighted by Gasteiger charge is -2.31. The van der Waals surface area contributed by atoms with E-state index in [4.69, 9.17) is 5.84 Å². The van der Waals surface area contributed by atoms with Crippen molar-refractivity contribution in [3.05, 3.63) is 0 Å². The Hall–Kier alpha value is -0.610. The third kappa shape index (κ3) is 4.94. The molecule has 0 aliphatic carbocycles. The zero-order chi connectivity index (χ0) is 11.8. The number of rotatable bonds is 6. The highest BCUT2D eigenvalue weighted by Crippen LogP contribution is 2.19. The predicted octanol–water partition coefficient (Wildman–Crippen LogP) is 1.27. The third-order valence-electron chi connectivity index (χ3n) is 3.57. The molecular formula is C12H25N3O. The number of nitrogens with two attached hydrogens (primary N) is 1. The molecule has 0 radical (unpaired) electrons. The van der Waals surface area contributed by atoms with Gasteiger partial charge in [-0.05, 0) is 51.2 Å². The van der Waals surface area contributed by atoms with Gasteiger partial charge >= 0.3 is 0 Å². The van der Waals surface area contributed by atoms with Gasteiger partial charge in [0.1, 0.15) is 0 Å². The monoisotopic (exact) mass is 227 g/mol. The van der Waals surface area contributed by atoms with E-state index in [2.05, 4.69) is 17.2 Å². The van der Waals surface area contributed by atoms with Crippen LogP contribution in [0, 0.1) is 5.92 Å². The number of carbonyl (C=O) groups excluding carboxylic acids is 1. The maximum Gasteiger partial charge on any atom is 0.233 e. The predicted molar refractivity (Wildman–Crippen MR) is 65.6 cm³/mol. The van der Waals surface area contributed by atoms with Crippen molar-refractivity contribution in [2.75, 3.05) is 19.6 Å². The number of unbranched alkanes of at least 4 members (excludes halogenated alkanes) is 1. The van der Waals surface area contributed by atoms with Crippen molar-refractivity contribution in [1.29, 1.82) is 0 Å². The molecular weight excluding hydrogens is 202 g/mol. The van der Waals surface area contributed by atoms with Crippen molar-refractivity contribution in [1.82, 2.24) is 10.3 Å². The number of amides is 1. The minimum absolute atomic E-state index is 0.0512. The van der Waals surface area contributed by atoms with Crippen molar-refractivity contribution in [3.8, 4) is 0 Å². The number of carbonyl (C=O) groups is 1. The molecule has 16 heavy (non-hydrogen) atoms. The standard InChI is InChI=1S/C12H25N3O/c1-2-11-6-9-15(10-7-11)8-4-3-5-12(16)14-13/h11H,2-10,13H2,1H3,(H,14,16). The highest BCUT2D eigenvalue weighted by atomic mass is 16.2. The minimum atomic E-state index is -0.0512. The summed E-state index contributed by atoms with van der Waals surface area (Å²) in [4.78, 5) is 13.4. The van der Waals surface area contributed by atoms with Crippen molar-refractivity contribution in [3.63, 3.8) is 0 Å². The van der Waals surface area contributed by atoms with Gasteiger partial charge < -0.3 is 4.90 Å². The molecule has 0 spiro atoms. The van der Waals surface area contributed by atoms with Crippen LogP contribution in [0.3, 0.4) is 0 Å². The summed E-state index contributed by atoms with van der Waals surface area (Å²) in [6.07, 6.45) is 6.62. The molecule has 1 rings (SSSR count). The van der Waals surface area contributed by atoms with Crippen molar-refractivity contribution >= 4 is 5.91 Å². The van der Waals surface area contributed by atoms with Gasteiger partial charge in [0.05, 0.1) is 0 Å². The van der Waals surface area contributed by atoms with Gasteiger partial charge in [0.15, 0.2) is 0 Å². The second-order valence-corrected chi connectivity index (χ2v) is 4.72. The molecule has 0 aromatic heterocycles. The Bertz CT molecular complexity index is 200. The van der Waals surface area contributed by atoms with Crippen LogP contribution in [0.15, 0.2) is 0 Å². The van der Waals surface area contributed by atoms with E-state index >= 15 is 0 Å². The molecule has 0 unspecified atom stereocenters. The summed E-state index contributed by atoms with van der Waals surface area (Å²) in [5, 5.41) is 0. The van der Waals surface area contributed by atoms with Crippen LogP contribution in [0.1, 0.15) is 45.4 Å². The van der Waals surface area contributed by atoms with Crippen molar-refractivity contribution in [2.24, 2.45) is 11.8 Å². The first-order valence-electron chi connectivity index (χ1n) is 6.48. The van der Waals surface area contributed by atoms with Crippen LogP contribution < -0.4 is 11.3 Å². The van der Waals surface area contributed by atoms with Gasteiger partial charge in [-0.2, -0.15) is 0 Å². The Morgan fingerprint density at radius 3 is 2.62 bits per heavy atom. The van der Waals surface area contributed by atoms with Crippen LogP contribution in [-0.4, -0.2) is 30.4 Å². The van der Waals surface area contributed by atoms with E-state index in [9.17, 15) is 4.79 Å². The van der Waals surface area contributed by atoms with Crippen molar-refractivity contribution < 1.29 is 4.79 Å². The van der Waals surface area contributed by atoms with Crippen LogP contribution >= 0.6 is 0 Å². The molecule has 1 amide bonds. The summed E-state index contributed by atoms with van der Waals surface area (Å²) in [6, 6.07) is 0. The average molecular weight is 227 g/mol. The van der Waals surface area contributed by atoms with Gasteiger partial charge in [-0.15, -0.1) is 0 Å². The summed E-state index contributed by atoms with van der Waals surface area (Å²) in [5.41, 5.74) is 2.16. The minimum Gasteiger partial charge on any atom is -0.303 e. The lowest BCUT2D eigenvalue weighted by atomic mass is 9.94. The number of nitrogens with one attached hydrogen (secondary N) is 1. The van der Waals surface area contributed by atoms with Crippen LogP contribution in [0.5, 0.6) is 0 Å². The molecule has 1 fully saturated rings. The molecule has 1 aliphatic heterocycles. The molecule has 4 heteroatoms. The Kier molecular flexibility index (Phi) is 6.42. The molecule has 94 valence electrons. The molecule has 1 heterocycles. The Balaban J connectivity index is 2.00. The van der Waals surface area contributed by atoms with Crippen LogP contribution in [0.4, 0.5) is 0 Å². The topological polar surface area (TPSA) is 58.4 Å². The normalized spacial score (nSPS) is 18.6. The van der Waals surface area contributed by atoms with Crippen LogP contribution in [0.25, 0.3) is 0 Å². The average Bonchev–Trinajstić information content (AvgIpc) is 2.35. The number of likely N-dealkylation sites (tertiary alicyclic amines) is 1. The second kappa shape index (κ2) is 7.63. The maximum absolute atomic E-state index is 10.9. The fourth-order valence-electron chi connectivity index (χ4n) is 2.31. The SMILES string of the molecule is CCC1CCN(CCCCC(=O)NN)CC1. The highest BCUT2D eigenvalue weighted by molar-refractivity contribution is 5.75. The molecule has 0 aromatic rings. The lowest BCUT2D eigenvalue weighted by molar-refractivity contribution is -0.121. The van der Waals surface area contributed by atoms with E-state index in [1.54, 1.807) is 0 Å². The summed E-state index contributed by atoms with van der Waals surface area (Å²) in [5.74, 6) is 5.91. The van der Waals surface area contributed by atoms with Gasteiger partial charge in [-0.25, -0.2) is 5.84 Å².